The van der Waals surface area contributed by atoms with Gasteiger partial charge in [-0.3, -0.25) is 14.9 Å². The van der Waals surface area contributed by atoms with Crippen molar-refractivity contribution in [3.8, 4) is 0 Å². The summed E-state index contributed by atoms with van der Waals surface area (Å²) in [7, 11) is 0. The topological polar surface area (TPSA) is 81.5 Å². The van der Waals surface area contributed by atoms with Gasteiger partial charge in [0.1, 0.15) is 5.78 Å². The Bertz CT molecular complexity index is 482. The van der Waals surface area contributed by atoms with Crippen LogP contribution in [0, 0.1) is 16.0 Å². The Balaban J connectivity index is 2.48. The lowest BCUT2D eigenvalue weighted by Crippen LogP contribution is -2.15. The monoisotopic (exact) mass is 264 g/mol. The number of anilines is 1. The van der Waals surface area contributed by atoms with E-state index in [1.807, 2.05) is 0 Å². The number of nitro groups is 1. The smallest absolute Gasteiger partial charge is 0.269 e. The average Bonchev–Trinajstić information content (AvgIpc) is 2.36. The lowest BCUT2D eigenvalue weighted by Gasteiger charge is -2.13. The summed E-state index contributed by atoms with van der Waals surface area (Å²) in [5.41, 5.74) is 0.647. The predicted octanol–water partition coefficient (Wildman–Crippen LogP) is 2.72. The Labute approximate surface area is 111 Å². The van der Waals surface area contributed by atoms with Crippen molar-refractivity contribution in [1.29, 1.82) is 0 Å². The first kappa shape index (κ1) is 14.7. The molecule has 0 heterocycles. The first-order valence-electron chi connectivity index (χ1n) is 5.73. The maximum Gasteiger partial charge on any atom is 0.269 e. The second-order valence-corrected chi connectivity index (χ2v) is 4.17. The Morgan fingerprint density at radius 1 is 1.47 bits per heavy atom. The molecule has 1 aromatic rings. The Hall–Kier alpha value is -2.37. The van der Waals surface area contributed by atoms with Crippen molar-refractivity contribution in [2.75, 3.05) is 11.9 Å². The van der Waals surface area contributed by atoms with Crippen LogP contribution in [-0.2, 0) is 9.53 Å². The van der Waals surface area contributed by atoms with Gasteiger partial charge in [0.15, 0.2) is 5.88 Å². The van der Waals surface area contributed by atoms with Gasteiger partial charge in [0.25, 0.3) is 5.69 Å². The van der Waals surface area contributed by atoms with Crippen molar-refractivity contribution >= 4 is 17.2 Å². The number of nitrogens with zero attached hydrogens (tertiary/aromatic N) is 1. The number of Topliss-reactive ketones (excluding diaryl/α,β-unsaturated/α-hetero) is 1. The fraction of sp³-hybridized carbons (Fsp3) is 0.308. The lowest BCUT2D eigenvalue weighted by atomic mass is 10.1. The minimum absolute atomic E-state index is 0.0160. The van der Waals surface area contributed by atoms with E-state index in [1.54, 1.807) is 19.1 Å². The molecule has 0 saturated carbocycles. The molecule has 0 aliphatic carbocycles. The quantitative estimate of drug-likeness (QED) is 0.465. The van der Waals surface area contributed by atoms with E-state index in [0.717, 1.165) is 0 Å². The van der Waals surface area contributed by atoms with Gasteiger partial charge in [0.05, 0.1) is 11.5 Å². The molecule has 1 rings (SSSR count). The maximum absolute atomic E-state index is 11.0. The van der Waals surface area contributed by atoms with Crippen LogP contribution in [0.25, 0.3) is 0 Å². The van der Waals surface area contributed by atoms with Crippen LogP contribution in [0.3, 0.4) is 0 Å². The van der Waals surface area contributed by atoms with Crippen molar-refractivity contribution in [3.05, 3.63) is 46.8 Å². The molecule has 1 N–H and O–H groups in total. The highest BCUT2D eigenvalue weighted by molar-refractivity contribution is 5.77. The fourth-order valence-electron chi connectivity index (χ4n) is 1.21. The van der Waals surface area contributed by atoms with Gasteiger partial charge in [-0.2, -0.15) is 0 Å². The summed E-state index contributed by atoms with van der Waals surface area (Å²) >= 11 is 0. The van der Waals surface area contributed by atoms with E-state index in [1.165, 1.54) is 19.1 Å². The van der Waals surface area contributed by atoms with E-state index < -0.39 is 4.92 Å². The van der Waals surface area contributed by atoms with Gasteiger partial charge in [0, 0.05) is 23.7 Å². The van der Waals surface area contributed by atoms with Gasteiger partial charge in [-0.1, -0.05) is 6.92 Å². The third-order valence-corrected chi connectivity index (χ3v) is 2.56. The van der Waals surface area contributed by atoms with E-state index in [9.17, 15) is 14.9 Å². The van der Waals surface area contributed by atoms with Crippen LogP contribution in [0.1, 0.15) is 13.8 Å². The van der Waals surface area contributed by atoms with Gasteiger partial charge in [-0.05, 0) is 25.6 Å². The van der Waals surface area contributed by atoms with Crippen LogP contribution in [0.5, 0.6) is 0 Å². The molecule has 19 heavy (non-hydrogen) atoms. The molecule has 0 spiro atoms. The van der Waals surface area contributed by atoms with E-state index in [0.29, 0.717) is 11.6 Å². The number of carbonyl (C=O) groups excluding carboxylic acids is 1. The zero-order valence-electron chi connectivity index (χ0n) is 10.9. The minimum Gasteiger partial charge on any atom is -0.479 e. The predicted molar refractivity (Wildman–Crippen MR) is 71.7 cm³/mol. The molecule has 0 radical (unpaired) electrons. The number of ketones is 1. The van der Waals surface area contributed by atoms with Gasteiger partial charge >= 0.3 is 0 Å². The number of non-ortho nitro benzene ring substituents is 1. The summed E-state index contributed by atoms with van der Waals surface area (Å²) in [4.78, 5) is 21.0. The van der Waals surface area contributed by atoms with E-state index in [4.69, 9.17) is 4.74 Å². The summed E-state index contributed by atoms with van der Waals surface area (Å²) in [5, 5.41) is 13.3. The Morgan fingerprint density at radius 2 is 2.05 bits per heavy atom. The van der Waals surface area contributed by atoms with Gasteiger partial charge < -0.3 is 10.1 Å². The van der Waals surface area contributed by atoms with Crippen LogP contribution in [-0.4, -0.2) is 17.3 Å². The first-order valence-corrected chi connectivity index (χ1v) is 5.73. The molecule has 0 aliphatic heterocycles. The zero-order valence-corrected chi connectivity index (χ0v) is 10.9. The molecule has 102 valence electrons. The van der Waals surface area contributed by atoms with Crippen molar-refractivity contribution in [1.82, 2.24) is 0 Å². The molecule has 1 aromatic carbocycles. The Kier molecular flexibility index (Phi) is 5.05. The highest BCUT2D eigenvalue weighted by Crippen LogP contribution is 2.17. The molecule has 0 bridgehead atoms. The van der Waals surface area contributed by atoms with Crippen molar-refractivity contribution in [3.63, 3.8) is 0 Å². The maximum atomic E-state index is 11.0. The minimum atomic E-state index is -0.469. The summed E-state index contributed by atoms with van der Waals surface area (Å²) < 4.78 is 5.29. The number of nitro benzene ring substituents is 1. The van der Waals surface area contributed by atoms with Crippen molar-refractivity contribution < 1.29 is 14.5 Å². The zero-order chi connectivity index (χ0) is 14.4. The third-order valence-electron chi connectivity index (χ3n) is 2.56. The van der Waals surface area contributed by atoms with Crippen molar-refractivity contribution in [2.45, 2.75) is 13.8 Å². The second kappa shape index (κ2) is 6.53. The largest absolute Gasteiger partial charge is 0.479 e. The number of ether oxygens (including phenoxy) is 1. The molecule has 0 aromatic heterocycles. The molecule has 1 unspecified atom stereocenters. The third kappa shape index (κ3) is 4.79. The van der Waals surface area contributed by atoms with E-state index in [-0.39, 0.29) is 24.0 Å². The van der Waals surface area contributed by atoms with Gasteiger partial charge in [-0.15, -0.1) is 0 Å². The molecule has 0 fully saturated rings. The molecule has 0 aliphatic rings. The SMILES string of the molecule is C=C(Nc1ccc([N+](=O)[O-])cc1)OCC(C)C(C)=O. The Morgan fingerprint density at radius 3 is 2.53 bits per heavy atom. The fourth-order valence-corrected chi connectivity index (χ4v) is 1.21. The van der Waals surface area contributed by atoms with Crippen LogP contribution in [0.15, 0.2) is 36.7 Å². The van der Waals surface area contributed by atoms with Crippen LogP contribution in [0.2, 0.25) is 0 Å². The summed E-state index contributed by atoms with van der Waals surface area (Å²) in [5.74, 6) is 0.139. The molecule has 0 amide bonds. The second-order valence-electron chi connectivity index (χ2n) is 4.17. The highest BCUT2D eigenvalue weighted by Gasteiger charge is 2.09. The van der Waals surface area contributed by atoms with Crippen LogP contribution < -0.4 is 5.32 Å². The average molecular weight is 264 g/mol. The van der Waals surface area contributed by atoms with E-state index in [2.05, 4.69) is 11.9 Å². The normalized spacial score (nSPS) is 11.5. The summed E-state index contributed by atoms with van der Waals surface area (Å²) in [6, 6.07) is 5.88. The number of carbonyl (C=O) groups is 1. The number of nitrogens with one attached hydrogen (secondary N) is 1. The molecule has 1 atom stereocenters. The van der Waals surface area contributed by atoms with Crippen molar-refractivity contribution in [2.24, 2.45) is 5.92 Å². The summed E-state index contributed by atoms with van der Waals surface area (Å²) in [6.45, 7) is 7.17. The summed E-state index contributed by atoms with van der Waals surface area (Å²) in [6.07, 6.45) is 0. The van der Waals surface area contributed by atoms with E-state index >= 15 is 0 Å². The first-order chi connectivity index (χ1) is 8.90. The van der Waals surface area contributed by atoms with Crippen LogP contribution >= 0.6 is 0 Å². The molecular weight excluding hydrogens is 248 g/mol. The number of rotatable bonds is 7. The molecule has 6 heteroatoms. The number of benzene rings is 1. The van der Waals surface area contributed by atoms with Gasteiger partial charge in [0.2, 0.25) is 0 Å². The molecular formula is C13H16N2O4. The molecule has 6 nitrogen and oxygen atoms in total. The van der Waals surface area contributed by atoms with Crippen LogP contribution in [0.4, 0.5) is 11.4 Å². The highest BCUT2D eigenvalue weighted by atomic mass is 16.6. The number of hydrogen-bond acceptors (Lipinski definition) is 5. The standard InChI is InChI=1S/C13H16N2O4/c1-9(10(2)16)8-19-11(3)14-12-4-6-13(7-5-12)15(17)18/h4-7,9,14H,3,8H2,1-2H3. The lowest BCUT2D eigenvalue weighted by molar-refractivity contribution is -0.384. The number of hydrogen-bond donors (Lipinski definition) is 1. The van der Waals surface area contributed by atoms with Gasteiger partial charge in [-0.25, -0.2) is 0 Å². The molecule has 0 saturated heterocycles.